The summed E-state index contributed by atoms with van der Waals surface area (Å²) >= 11 is 3.58. The normalized spacial score (nSPS) is 18.0. The molecule has 1 fully saturated rings. The zero-order valence-corrected chi connectivity index (χ0v) is 13.8. The van der Waals surface area contributed by atoms with Crippen molar-refractivity contribution in [3.8, 4) is 0 Å². The number of aromatic nitrogens is 3. The van der Waals surface area contributed by atoms with Crippen molar-refractivity contribution < 1.29 is 0 Å². The molecule has 3 rings (SSSR count). The molecule has 0 saturated carbocycles. The summed E-state index contributed by atoms with van der Waals surface area (Å²) in [5.41, 5.74) is 0.995. The van der Waals surface area contributed by atoms with Gasteiger partial charge in [0.25, 0.3) is 0 Å². The smallest absolute Gasteiger partial charge is 0.225 e. The van der Waals surface area contributed by atoms with Crippen LogP contribution >= 0.6 is 15.9 Å². The molecule has 0 amide bonds. The number of halogens is 1. The molecule has 0 N–H and O–H groups in total. The number of hydrogen-bond acceptors (Lipinski definition) is 5. The van der Waals surface area contributed by atoms with Crippen LogP contribution in [0.4, 0.5) is 11.8 Å². The molecule has 1 aliphatic heterocycles. The van der Waals surface area contributed by atoms with Gasteiger partial charge in [-0.3, -0.25) is 0 Å². The van der Waals surface area contributed by atoms with Crippen molar-refractivity contribution >= 4 is 27.7 Å². The summed E-state index contributed by atoms with van der Waals surface area (Å²) < 4.78 is 1.04. The molecule has 1 saturated heterocycles. The molecule has 0 aliphatic carbocycles. The Morgan fingerprint density at radius 3 is 2.90 bits per heavy atom. The van der Waals surface area contributed by atoms with E-state index in [0.717, 1.165) is 41.4 Å². The first kappa shape index (κ1) is 14.3. The van der Waals surface area contributed by atoms with Crippen LogP contribution in [0.1, 0.15) is 12.1 Å². The van der Waals surface area contributed by atoms with Crippen LogP contribution < -0.4 is 9.80 Å². The van der Waals surface area contributed by atoms with E-state index in [0.29, 0.717) is 6.04 Å². The molecule has 5 nitrogen and oxygen atoms in total. The van der Waals surface area contributed by atoms with Gasteiger partial charge in [-0.25, -0.2) is 15.0 Å². The van der Waals surface area contributed by atoms with E-state index in [2.05, 4.69) is 47.7 Å². The largest absolute Gasteiger partial charge is 0.354 e. The van der Waals surface area contributed by atoms with Crippen molar-refractivity contribution in [3.63, 3.8) is 0 Å². The Bertz CT molecular complexity index is 633. The molecule has 0 radical (unpaired) electrons. The highest BCUT2D eigenvalue weighted by atomic mass is 79.9. The molecule has 3 heterocycles. The van der Waals surface area contributed by atoms with Crippen LogP contribution in [0.25, 0.3) is 0 Å². The zero-order valence-electron chi connectivity index (χ0n) is 12.2. The second-order valence-electron chi connectivity index (χ2n) is 5.31. The van der Waals surface area contributed by atoms with E-state index < -0.39 is 0 Å². The molecule has 1 atom stereocenters. The van der Waals surface area contributed by atoms with Gasteiger partial charge in [0, 0.05) is 38.2 Å². The molecule has 6 heteroatoms. The van der Waals surface area contributed by atoms with Crippen LogP contribution in [-0.2, 0) is 0 Å². The van der Waals surface area contributed by atoms with Crippen molar-refractivity contribution in [2.24, 2.45) is 0 Å². The minimum Gasteiger partial charge on any atom is -0.354 e. The molecule has 1 unspecified atom stereocenters. The number of anilines is 2. The summed E-state index contributed by atoms with van der Waals surface area (Å²) in [7, 11) is 2.07. The zero-order chi connectivity index (χ0) is 14.8. The highest BCUT2D eigenvalue weighted by Crippen LogP contribution is 2.28. The lowest BCUT2D eigenvalue weighted by atomic mass is 10.2. The van der Waals surface area contributed by atoms with Crippen LogP contribution in [0.2, 0.25) is 0 Å². The summed E-state index contributed by atoms with van der Waals surface area (Å²) in [6.45, 7) is 3.92. The lowest BCUT2D eigenvalue weighted by molar-refractivity contribution is 0.672. The lowest BCUT2D eigenvalue weighted by Gasteiger charge is -2.25. The summed E-state index contributed by atoms with van der Waals surface area (Å²) in [5, 5.41) is 0. The van der Waals surface area contributed by atoms with Gasteiger partial charge in [-0.1, -0.05) is 0 Å². The Morgan fingerprint density at radius 2 is 2.14 bits per heavy atom. The first-order chi connectivity index (χ1) is 10.1. The third-order valence-corrected chi connectivity index (χ3v) is 4.47. The molecule has 0 aromatic carbocycles. The van der Waals surface area contributed by atoms with E-state index in [-0.39, 0.29) is 0 Å². The molecule has 2 aromatic rings. The monoisotopic (exact) mass is 347 g/mol. The van der Waals surface area contributed by atoms with E-state index in [1.165, 1.54) is 0 Å². The highest BCUT2D eigenvalue weighted by molar-refractivity contribution is 9.10. The number of aryl methyl sites for hydroxylation is 1. The van der Waals surface area contributed by atoms with Crippen molar-refractivity contribution in [1.29, 1.82) is 0 Å². The molecule has 2 aromatic heterocycles. The maximum Gasteiger partial charge on any atom is 0.225 e. The average Bonchev–Trinajstić information content (AvgIpc) is 2.96. The fourth-order valence-corrected chi connectivity index (χ4v) is 3.14. The van der Waals surface area contributed by atoms with Gasteiger partial charge >= 0.3 is 0 Å². The average molecular weight is 348 g/mol. The third-order valence-electron chi connectivity index (χ3n) is 3.85. The van der Waals surface area contributed by atoms with Gasteiger partial charge in [0.05, 0.1) is 10.5 Å². The van der Waals surface area contributed by atoms with Crippen LogP contribution in [0.5, 0.6) is 0 Å². The fourth-order valence-electron chi connectivity index (χ4n) is 2.63. The topological polar surface area (TPSA) is 45.2 Å². The van der Waals surface area contributed by atoms with Crippen molar-refractivity contribution in [2.45, 2.75) is 19.4 Å². The third kappa shape index (κ3) is 3.00. The van der Waals surface area contributed by atoms with Crippen molar-refractivity contribution in [3.05, 3.63) is 40.8 Å². The van der Waals surface area contributed by atoms with Gasteiger partial charge in [0.1, 0.15) is 5.82 Å². The highest BCUT2D eigenvalue weighted by Gasteiger charge is 2.28. The Hall–Kier alpha value is -1.69. The predicted octanol–water partition coefficient (Wildman–Crippen LogP) is 2.66. The molecular weight excluding hydrogens is 330 g/mol. The van der Waals surface area contributed by atoms with Gasteiger partial charge in [0.15, 0.2) is 0 Å². The fraction of sp³-hybridized carbons (Fsp3) is 0.400. The summed E-state index contributed by atoms with van der Waals surface area (Å²) in [4.78, 5) is 17.8. The summed E-state index contributed by atoms with van der Waals surface area (Å²) in [5.74, 6) is 1.81. The van der Waals surface area contributed by atoms with Gasteiger partial charge in [-0.2, -0.15) is 0 Å². The first-order valence-corrected chi connectivity index (χ1v) is 7.82. The first-order valence-electron chi connectivity index (χ1n) is 7.03. The van der Waals surface area contributed by atoms with Crippen molar-refractivity contribution in [2.75, 3.05) is 29.9 Å². The van der Waals surface area contributed by atoms with E-state index in [1.807, 2.05) is 37.5 Å². The second kappa shape index (κ2) is 5.97. The number of pyridine rings is 1. The molecule has 0 bridgehead atoms. The molecule has 110 valence electrons. The molecular formula is C15H18BrN5. The van der Waals surface area contributed by atoms with Crippen LogP contribution in [0.15, 0.2) is 35.1 Å². The van der Waals surface area contributed by atoms with Gasteiger partial charge in [-0.05, 0) is 47.5 Å². The Morgan fingerprint density at radius 1 is 1.29 bits per heavy atom. The summed E-state index contributed by atoms with van der Waals surface area (Å²) in [6.07, 6.45) is 4.73. The Kier molecular flexibility index (Phi) is 4.05. The Labute approximate surface area is 133 Å². The Balaban J connectivity index is 1.74. The summed E-state index contributed by atoms with van der Waals surface area (Å²) in [6, 6.07) is 6.29. The van der Waals surface area contributed by atoms with Crippen LogP contribution in [0.3, 0.4) is 0 Å². The SMILES string of the molecule is Cc1ccnc(N(C)C2CCN(c3ncccc3Br)C2)n1. The van der Waals surface area contributed by atoms with E-state index in [4.69, 9.17) is 0 Å². The van der Waals surface area contributed by atoms with Crippen molar-refractivity contribution in [1.82, 2.24) is 15.0 Å². The maximum absolute atomic E-state index is 4.50. The molecule has 1 aliphatic rings. The van der Waals surface area contributed by atoms with E-state index >= 15 is 0 Å². The minimum atomic E-state index is 0.403. The van der Waals surface area contributed by atoms with Gasteiger partial charge < -0.3 is 9.80 Å². The number of hydrogen-bond donors (Lipinski definition) is 0. The lowest BCUT2D eigenvalue weighted by Crippen LogP contribution is -2.36. The van der Waals surface area contributed by atoms with Gasteiger partial charge in [-0.15, -0.1) is 0 Å². The minimum absolute atomic E-state index is 0.403. The van der Waals surface area contributed by atoms with E-state index in [1.54, 1.807) is 0 Å². The predicted molar refractivity (Wildman–Crippen MR) is 87.7 cm³/mol. The number of likely N-dealkylation sites (N-methyl/N-ethyl adjacent to an activating group) is 1. The van der Waals surface area contributed by atoms with Crippen LogP contribution in [-0.4, -0.2) is 41.1 Å². The number of nitrogens with zero attached hydrogens (tertiary/aromatic N) is 5. The standard InChI is InChI=1S/C15H18BrN5/c1-11-5-8-18-15(19-11)20(2)12-6-9-21(10-12)14-13(16)4-3-7-17-14/h3-5,7-8,12H,6,9-10H2,1-2H3. The van der Waals surface area contributed by atoms with Gasteiger partial charge in [0.2, 0.25) is 5.95 Å². The quantitative estimate of drug-likeness (QED) is 0.853. The van der Waals surface area contributed by atoms with Crippen LogP contribution in [0, 0.1) is 6.92 Å². The maximum atomic E-state index is 4.50. The molecule has 21 heavy (non-hydrogen) atoms. The molecule has 0 spiro atoms. The second-order valence-corrected chi connectivity index (χ2v) is 6.16. The number of rotatable bonds is 3. The van der Waals surface area contributed by atoms with E-state index in [9.17, 15) is 0 Å².